The van der Waals surface area contributed by atoms with Crippen LogP contribution in [0.1, 0.15) is 12.8 Å². The van der Waals surface area contributed by atoms with Gasteiger partial charge in [0, 0.05) is 23.2 Å². The van der Waals surface area contributed by atoms with Crippen molar-refractivity contribution in [3.8, 4) is 0 Å². The Bertz CT molecular complexity index is 705. The van der Waals surface area contributed by atoms with Gasteiger partial charge < -0.3 is 4.90 Å². The number of anilines is 1. The monoisotopic (exact) mass is 343 g/mol. The van der Waals surface area contributed by atoms with Gasteiger partial charge in [-0.2, -0.15) is 5.10 Å². The van der Waals surface area contributed by atoms with E-state index in [4.69, 9.17) is 0 Å². The highest BCUT2D eigenvalue weighted by Crippen LogP contribution is 2.34. The minimum atomic E-state index is 0.202. The number of hydrogen-bond donors (Lipinski definition) is 0. The van der Waals surface area contributed by atoms with E-state index in [1.54, 1.807) is 12.7 Å². The Labute approximate surface area is 145 Å². The lowest BCUT2D eigenvalue weighted by molar-refractivity contribution is -0.120. The van der Waals surface area contributed by atoms with Gasteiger partial charge in [0.2, 0.25) is 5.91 Å². The first-order valence-corrected chi connectivity index (χ1v) is 9.38. The first-order chi connectivity index (χ1) is 11.8. The van der Waals surface area contributed by atoms with Crippen molar-refractivity contribution >= 4 is 23.4 Å². The van der Waals surface area contributed by atoms with Gasteiger partial charge in [0.15, 0.2) is 0 Å². The Morgan fingerprint density at radius 2 is 2.21 bits per heavy atom. The second-order valence-corrected chi connectivity index (χ2v) is 7.38. The number of benzene rings is 1. The molecule has 1 unspecified atom stereocenters. The number of carbonyl (C=O) groups is 1. The van der Waals surface area contributed by atoms with Crippen LogP contribution in [0, 0.1) is 0 Å². The number of amides is 1. The van der Waals surface area contributed by atoms with Gasteiger partial charge in [-0.1, -0.05) is 12.1 Å². The summed E-state index contributed by atoms with van der Waals surface area (Å²) in [6.45, 7) is 3.07. The molecule has 1 saturated heterocycles. The average Bonchev–Trinajstić information content (AvgIpc) is 3.27. The Balaban J connectivity index is 1.44. The Morgan fingerprint density at radius 3 is 3.08 bits per heavy atom. The van der Waals surface area contributed by atoms with Crippen molar-refractivity contribution in [2.24, 2.45) is 0 Å². The quantitative estimate of drug-likeness (QED) is 0.848. The third-order valence-corrected chi connectivity index (χ3v) is 5.77. The number of hydrogen-bond acceptors (Lipinski definition) is 5. The van der Waals surface area contributed by atoms with Crippen LogP contribution in [-0.4, -0.2) is 57.0 Å². The van der Waals surface area contributed by atoms with Crippen LogP contribution in [0.2, 0.25) is 0 Å². The van der Waals surface area contributed by atoms with Gasteiger partial charge >= 0.3 is 0 Å². The Kier molecular flexibility index (Phi) is 4.53. The summed E-state index contributed by atoms with van der Waals surface area (Å²) >= 11 is 1.83. The number of aromatic nitrogens is 3. The molecule has 2 aromatic rings. The first kappa shape index (κ1) is 15.7. The first-order valence-electron chi connectivity index (χ1n) is 8.40. The summed E-state index contributed by atoms with van der Waals surface area (Å²) in [5.41, 5.74) is 1.06. The minimum absolute atomic E-state index is 0.202. The molecule has 0 aliphatic carbocycles. The van der Waals surface area contributed by atoms with Crippen molar-refractivity contribution < 1.29 is 4.79 Å². The summed E-state index contributed by atoms with van der Waals surface area (Å²) in [5.74, 6) is 1.17. The third kappa shape index (κ3) is 3.18. The van der Waals surface area contributed by atoms with Crippen molar-refractivity contribution in [1.29, 1.82) is 0 Å². The van der Waals surface area contributed by atoms with Gasteiger partial charge in [0.05, 0.1) is 18.8 Å². The molecule has 3 heterocycles. The summed E-state index contributed by atoms with van der Waals surface area (Å²) in [7, 11) is 0. The molecule has 1 amide bonds. The van der Waals surface area contributed by atoms with E-state index in [9.17, 15) is 4.79 Å². The smallest absolute Gasteiger partial charge is 0.241 e. The average molecular weight is 343 g/mol. The van der Waals surface area contributed by atoms with E-state index in [-0.39, 0.29) is 5.91 Å². The lowest BCUT2D eigenvalue weighted by Crippen LogP contribution is -2.45. The number of fused-ring (bicyclic) bond motifs is 1. The van der Waals surface area contributed by atoms with E-state index in [0.717, 1.165) is 43.9 Å². The normalized spacial score (nSPS) is 21.0. The maximum absolute atomic E-state index is 12.9. The van der Waals surface area contributed by atoms with Gasteiger partial charge in [0.25, 0.3) is 0 Å². The summed E-state index contributed by atoms with van der Waals surface area (Å²) in [6, 6.07) is 8.56. The molecule has 1 fully saturated rings. The van der Waals surface area contributed by atoms with Crippen LogP contribution in [0.25, 0.3) is 0 Å². The highest BCUT2D eigenvalue weighted by atomic mass is 32.2. The summed E-state index contributed by atoms with van der Waals surface area (Å²) in [5, 5.41) is 4.19. The highest BCUT2D eigenvalue weighted by molar-refractivity contribution is 7.99. The lowest BCUT2D eigenvalue weighted by Gasteiger charge is -2.32. The van der Waals surface area contributed by atoms with Crippen LogP contribution in [0.3, 0.4) is 0 Å². The van der Waals surface area contributed by atoms with Crippen LogP contribution >= 0.6 is 11.8 Å². The zero-order valence-corrected chi connectivity index (χ0v) is 14.4. The second kappa shape index (κ2) is 6.94. The standard InChI is InChI=1S/C17H21N5OS/c23-17(22-8-9-24-16-6-2-1-5-15(16)22)11-20-7-3-4-14(20)10-21-13-18-12-19-21/h1-2,5-6,12-14H,3-4,7-11H2. The van der Waals surface area contributed by atoms with Crippen molar-refractivity contribution in [3.05, 3.63) is 36.9 Å². The molecule has 1 atom stereocenters. The van der Waals surface area contributed by atoms with Gasteiger partial charge in [-0.25, -0.2) is 4.98 Å². The molecule has 7 heteroatoms. The molecule has 126 valence electrons. The zero-order chi connectivity index (χ0) is 16.4. The zero-order valence-electron chi connectivity index (χ0n) is 13.5. The molecule has 1 aromatic heterocycles. The number of carbonyl (C=O) groups excluding carboxylic acids is 1. The largest absolute Gasteiger partial charge is 0.309 e. The van der Waals surface area contributed by atoms with Crippen LogP contribution < -0.4 is 4.90 Å². The SMILES string of the molecule is O=C(CN1CCCC1Cn1cncn1)N1CCSc2ccccc21. The van der Waals surface area contributed by atoms with Crippen molar-refractivity contribution in [1.82, 2.24) is 19.7 Å². The number of nitrogens with zero attached hydrogens (tertiary/aromatic N) is 5. The topological polar surface area (TPSA) is 54.3 Å². The molecule has 24 heavy (non-hydrogen) atoms. The Morgan fingerprint density at radius 1 is 1.29 bits per heavy atom. The number of likely N-dealkylation sites (tertiary alicyclic amines) is 1. The summed E-state index contributed by atoms with van der Waals surface area (Å²) < 4.78 is 1.86. The van der Waals surface area contributed by atoms with E-state index < -0.39 is 0 Å². The molecular formula is C17H21N5OS. The van der Waals surface area contributed by atoms with Crippen molar-refractivity contribution in [2.75, 3.05) is 30.3 Å². The van der Waals surface area contributed by atoms with Gasteiger partial charge in [-0.05, 0) is 31.5 Å². The lowest BCUT2D eigenvalue weighted by atomic mass is 10.2. The molecule has 1 aromatic carbocycles. The maximum Gasteiger partial charge on any atom is 0.241 e. The van der Waals surface area contributed by atoms with Gasteiger partial charge in [-0.3, -0.25) is 14.4 Å². The second-order valence-electron chi connectivity index (χ2n) is 6.25. The Hall–Kier alpha value is -1.86. The molecule has 6 nitrogen and oxygen atoms in total. The highest BCUT2D eigenvalue weighted by Gasteiger charge is 2.30. The van der Waals surface area contributed by atoms with E-state index >= 15 is 0 Å². The number of rotatable bonds is 4. The van der Waals surface area contributed by atoms with Crippen LogP contribution in [0.4, 0.5) is 5.69 Å². The maximum atomic E-state index is 12.9. The van der Waals surface area contributed by atoms with E-state index in [2.05, 4.69) is 27.1 Å². The van der Waals surface area contributed by atoms with E-state index in [0.29, 0.717) is 12.6 Å². The fourth-order valence-corrected chi connectivity index (χ4v) is 4.54. The number of thioether (sulfide) groups is 1. The predicted octanol–water partition coefficient (Wildman–Crippen LogP) is 1.88. The van der Waals surface area contributed by atoms with Gasteiger partial charge in [0.1, 0.15) is 12.7 Å². The molecule has 0 saturated carbocycles. The molecule has 0 bridgehead atoms. The van der Waals surface area contributed by atoms with Crippen molar-refractivity contribution in [3.63, 3.8) is 0 Å². The molecule has 2 aliphatic rings. The van der Waals surface area contributed by atoms with Crippen LogP contribution in [0.15, 0.2) is 41.8 Å². The molecule has 4 rings (SSSR count). The predicted molar refractivity (Wildman–Crippen MR) is 94.1 cm³/mol. The van der Waals surface area contributed by atoms with Gasteiger partial charge in [-0.15, -0.1) is 11.8 Å². The molecule has 0 spiro atoms. The minimum Gasteiger partial charge on any atom is -0.309 e. The fraction of sp³-hybridized carbons (Fsp3) is 0.471. The summed E-state index contributed by atoms with van der Waals surface area (Å²) in [4.78, 5) is 22.4. The van der Waals surface area contributed by atoms with Crippen LogP contribution in [-0.2, 0) is 11.3 Å². The van der Waals surface area contributed by atoms with E-state index in [1.165, 1.54) is 4.90 Å². The summed E-state index contributed by atoms with van der Waals surface area (Å²) in [6.07, 6.45) is 5.56. The molecule has 0 N–H and O–H groups in total. The molecular weight excluding hydrogens is 322 g/mol. The number of para-hydroxylation sites is 1. The van der Waals surface area contributed by atoms with Crippen molar-refractivity contribution in [2.45, 2.75) is 30.3 Å². The fourth-order valence-electron chi connectivity index (χ4n) is 3.54. The van der Waals surface area contributed by atoms with E-state index in [1.807, 2.05) is 33.5 Å². The molecule has 2 aliphatic heterocycles. The molecule has 0 radical (unpaired) electrons. The van der Waals surface area contributed by atoms with Crippen LogP contribution in [0.5, 0.6) is 0 Å². The third-order valence-electron chi connectivity index (χ3n) is 4.73.